The Labute approximate surface area is 109 Å². The molecule has 0 spiro atoms. The van der Waals surface area contributed by atoms with E-state index in [9.17, 15) is 9.90 Å². The Bertz CT molecular complexity index is 388. The second-order valence-electron chi connectivity index (χ2n) is 4.03. The number of nitrogens with zero attached hydrogens (tertiary/aromatic N) is 1. The Kier molecular flexibility index (Phi) is 4.15. The summed E-state index contributed by atoms with van der Waals surface area (Å²) in [6, 6.07) is 7.16. The lowest BCUT2D eigenvalue weighted by atomic mass is 10.1. The summed E-state index contributed by atoms with van der Waals surface area (Å²) in [6.07, 6.45) is -1.05. The zero-order chi connectivity index (χ0) is 12.3. The highest BCUT2D eigenvalue weighted by atomic mass is 79.9. The predicted molar refractivity (Wildman–Crippen MR) is 68.6 cm³/mol. The quantitative estimate of drug-likeness (QED) is 0.853. The first-order valence-corrected chi connectivity index (χ1v) is 6.41. The molecule has 5 heteroatoms. The summed E-state index contributed by atoms with van der Waals surface area (Å²) in [4.78, 5) is 13.7. The minimum Gasteiger partial charge on any atom is -0.378 e. The zero-order valence-electron chi connectivity index (χ0n) is 9.40. The van der Waals surface area contributed by atoms with Crippen molar-refractivity contribution in [3.63, 3.8) is 0 Å². The molecule has 1 atom stereocenters. The zero-order valence-corrected chi connectivity index (χ0v) is 11.0. The average Bonchev–Trinajstić information content (AvgIpc) is 2.39. The molecule has 0 aromatic heterocycles. The number of hydrogen-bond acceptors (Lipinski definition) is 3. The van der Waals surface area contributed by atoms with Crippen LogP contribution in [0.4, 0.5) is 0 Å². The second kappa shape index (κ2) is 5.62. The fourth-order valence-corrected chi connectivity index (χ4v) is 2.11. The Balaban J connectivity index is 2.05. The van der Waals surface area contributed by atoms with E-state index in [1.54, 1.807) is 17.0 Å². The van der Waals surface area contributed by atoms with Crippen molar-refractivity contribution in [2.75, 3.05) is 26.2 Å². The van der Waals surface area contributed by atoms with Gasteiger partial charge in [0.1, 0.15) is 0 Å². The van der Waals surface area contributed by atoms with Gasteiger partial charge in [0, 0.05) is 30.7 Å². The molecule has 17 heavy (non-hydrogen) atoms. The van der Waals surface area contributed by atoms with Gasteiger partial charge >= 0.3 is 0 Å². The van der Waals surface area contributed by atoms with E-state index in [2.05, 4.69) is 21.2 Å². The highest BCUT2D eigenvalue weighted by molar-refractivity contribution is 9.10. The maximum atomic E-state index is 12.0. The van der Waals surface area contributed by atoms with Crippen LogP contribution in [-0.2, 0) is 4.79 Å². The number of benzene rings is 1. The molecule has 1 amide bonds. The van der Waals surface area contributed by atoms with Crippen LogP contribution in [0.5, 0.6) is 0 Å². The van der Waals surface area contributed by atoms with Gasteiger partial charge in [0.15, 0.2) is 6.10 Å². The van der Waals surface area contributed by atoms with Crippen LogP contribution in [0.1, 0.15) is 11.7 Å². The summed E-state index contributed by atoms with van der Waals surface area (Å²) < 4.78 is 0.933. The van der Waals surface area contributed by atoms with Crippen LogP contribution in [0.25, 0.3) is 0 Å². The van der Waals surface area contributed by atoms with Gasteiger partial charge in [-0.25, -0.2) is 0 Å². The summed E-state index contributed by atoms with van der Waals surface area (Å²) in [5.41, 5.74) is 0.636. The van der Waals surface area contributed by atoms with Crippen molar-refractivity contribution in [3.05, 3.63) is 34.3 Å². The minimum absolute atomic E-state index is 0.214. The molecule has 1 aliphatic heterocycles. The van der Waals surface area contributed by atoms with E-state index in [1.807, 2.05) is 12.1 Å². The first kappa shape index (κ1) is 12.5. The summed E-state index contributed by atoms with van der Waals surface area (Å²) in [7, 11) is 0. The molecule has 1 fully saturated rings. The van der Waals surface area contributed by atoms with Gasteiger partial charge in [-0.3, -0.25) is 4.79 Å². The van der Waals surface area contributed by atoms with E-state index in [-0.39, 0.29) is 5.91 Å². The second-order valence-corrected chi connectivity index (χ2v) is 4.95. The third kappa shape index (κ3) is 3.06. The number of carbonyl (C=O) groups is 1. The topological polar surface area (TPSA) is 52.6 Å². The van der Waals surface area contributed by atoms with Crippen molar-refractivity contribution >= 4 is 21.8 Å². The minimum atomic E-state index is -1.05. The molecular formula is C12H15BrN2O2. The van der Waals surface area contributed by atoms with Gasteiger partial charge < -0.3 is 15.3 Å². The number of hydrogen-bond donors (Lipinski definition) is 2. The van der Waals surface area contributed by atoms with E-state index >= 15 is 0 Å². The van der Waals surface area contributed by atoms with Crippen LogP contribution in [-0.4, -0.2) is 42.1 Å². The van der Waals surface area contributed by atoms with Crippen molar-refractivity contribution < 1.29 is 9.90 Å². The van der Waals surface area contributed by atoms with Crippen molar-refractivity contribution in [3.8, 4) is 0 Å². The lowest BCUT2D eigenvalue weighted by molar-refractivity contribution is -0.141. The number of aliphatic hydroxyl groups excluding tert-OH is 1. The number of rotatable bonds is 2. The van der Waals surface area contributed by atoms with Gasteiger partial charge in [0.05, 0.1) is 0 Å². The van der Waals surface area contributed by atoms with E-state index in [4.69, 9.17) is 0 Å². The fraction of sp³-hybridized carbons (Fsp3) is 0.417. The first-order chi connectivity index (χ1) is 8.18. The van der Waals surface area contributed by atoms with Gasteiger partial charge in [-0.2, -0.15) is 0 Å². The number of nitrogens with one attached hydrogen (secondary N) is 1. The Morgan fingerprint density at radius 2 is 1.88 bits per heavy atom. The van der Waals surface area contributed by atoms with E-state index < -0.39 is 6.10 Å². The first-order valence-electron chi connectivity index (χ1n) is 5.61. The van der Waals surface area contributed by atoms with Crippen LogP contribution in [0.15, 0.2) is 28.7 Å². The molecule has 4 nitrogen and oxygen atoms in total. The largest absolute Gasteiger partial charge is 0.378 e. The lowest BCUT2D eigenvalue weighted by Crippen LogP contribution is -2.48. The molecule has 2 N–H and O–H groups in total. The Morgan fingerprint density at radius 1 is 1.29 bits per heavy atom. The maximum absolute atomic E-state index is 12.0. The monoisotopic (exact) mass is 298 g/mol. The third-order valence-electron chi connectivity index (χ3n) is 2.85. The van der Waals surface area contributed by atoms with Gasteiger partial charge in [0.25, 0.3) is 5.91 Å². The number of aliphatic hydroxyl groups is 1. The van der Waals surface area contributed by atoms with Gasteiger partial charge in [0.2, 0.25) is 0 Å². The summed E-state index contributed by atoms with van der Waals surface area (Å²) in [5, 5.41) is 13.2. The standard InChI is InChI=1S/C12H15BrN2O2/c13-10-3-1-9(2-4-10)11(16)12(17)15-7-5-14-6-8-15/h1-4,11,14,16H,5-8H2. The van der Waals surface area contributed by atoms with Crippen molar-refractivity contribution in [1.29, 1.82) is 0 Å². The van der Waals surface area contributed by atoms with E-state index in [1.165, 1.54) is 0 Å². The number of halogens is 1. The van der Waals surface area contributed by atoms with Crippen LogP contribution in [0.2, 0.25) is 0 Å². The molecule has 0 radical (unpaired) electrons. The molecule has 0 aliphatic carbocycles. The molecule has 1 unspecified atom stereocenters. The highest BCUT2D eigenvalue weighted by Crippen LogP contribution is 2.18. The molecule has 92 valence electrons. The molecule has 0 saturated carbocycles. The van der Waals surface area contributed by atoms with Crippen molar-refractivity contribution in [2.45, 2.75) is 6.10 Å². The lowest BCUT2D eigenvalue weighted by Gasteiger charge is -2.29. The van der Waals surface area contributed by atoms with Crippen LogP contribution < -0.4 is 5.32 Å². The molecule has 0 bridgehead atoms. The van der Waals surface area contributed by atoms with Gasteiger partial charge in [-0.05, 0) is 17.7 Å². The normalized spacial score (nSPS) is 17.9. The highest BCUT2D eigenvalue weighted by Gasteiger charge is 2.24. The molecule has 1 saturated heterocycles. The predicted octanol–water partition coefficient (Wildman–Crippen LogP) is 0.914. The number of amides is 1. The summed E-state index contributed by atoms with van der Waals surface area (Å²) >= 11 is 3.32. The molecule has 1 heterocycles. The summed E-state index contributed by atoms with van der Waals surface area (Å²) in [5.74, 6) is -0.214. The molecular weight excluding hydrogens is 284 g/mol. The smallest absolute Gasteiger partial charge is 0.256 e. The van der Waals surface area contributed by atoms with Crippen LogP contribution in [0.3, 0.4) is 0 Å². The Hall–Kier alpha value is -0.910. The molecule has 1 aromatic carbocycles. The van der Waals surface area contributed by atoms with Crippen LogP contribution in [0, 0.1) is 0 Å². The SMILES string of the molecule is O=C(C(O)c1ccc(Br)cc1)N1CCNCC1. The number of carbonyl (C=O) groups excluding carboxylic acids is 1. The van der Waals surface area contributed by atoms with E-state index in [0.717, 1.165) is 17.6 Å². The molecule has 1 aromatic rings. The fourth-order valence-electron chi connectivity index (χ4n) is 1.85. The van der Waals surface area contributed by atoms with Gasteiger partial charge in [-0.1, -0.05) is 28.1 Å². The molecule has 1 aliphatic rings. The maximum Gasteiger partial charge on any atom is 0.256 e. The van der Waals surface area contributed by atoms with Crippen molar-refractivity contribution in [1.82, 2.24) is 10.2 Å². The number of piperazine rings is 1. The third-order valence-corrected chi connectivity index (χ3v) is 3.38. The molecule has 2 rings (SSSR count). The van der Waals surface area contributed by atoms with Gasteiger partial charge in [-0.15, -0.1) is 0 Å². The Morgan fingerprint density at radius 3 is 2.47 bits per heavy atom. The van der Waals surface area contributed by atoms with Crippen molar-refractivity contribution in [2.24, 2.45) is 0 Å². The van der Waals surface area contributed by atoms with Crippen LogP contribution >= 0.6 is 15.9 Å². The average molecular weight is 299 g/mol. The van der Waals surface area contributed by atoms with E-state index in [0.29, 0.717) is 18.7 Å². The summed E-state index contributed by atoms with van der Waals surface area (Å²) in [6.45, 7) is 2.90.